The predicted octanol–water partition coefficient (Wildman–Crippen LogP) is 4.53. The van der Waals surface area contributed by atoms with Gasteiger partial charge in [0.05, 0.1) is 0 Å². The molecule has 0 fully saturated rings. The zero-order valence-corrected chi connectivity index (χ0v) is 20.0. The van der Waals surface area contributed by atoms with E-state index in [-0.39, 0.29) is 0 Å². The first-order valence-electron chi connectivity index (χ1n) is 13.4. The van der Waals surface area contributed by atoms with Crippen LogP contribution in [0.25, 0.3) is 0 Å². The molecule has 3 aliphatic carbocycles. The van der Waals surface area contributed by atoms with Crippen LogP contribution in [-0.4, -0.2) is 6.15 Å². The highest BCUT2D eigenvalue weighted by Gasteiger charge is 2.34. The Hall–Kier alpha value is -3.06. The van der Waals surface area contributed by atoms with Crippen molar-refractivity contribution in [1.82, 2.24) is 0 Å². The van der Waals surface area contributed by atoms with E-state index >= 15 is 0 Å². The van der Waals surface area contributed by atoms with Gasteiger partial charge in [-0.05, 0) is 91.2 Å². The Balaban J connectivity index is 1.57. The van der Waals surface area contributed by atoms with Crippen molar-refractivity contribution in [3.05, 3.63) is 118 Å². The molecule has 0 spiro atoms. The van der Waals surface area contributed by atoms with E-state index in [1.807, 2.05) is 0 Å². The lowest BCUT2D eigenvalue weighted by atomic mass is 9.13. The second-order valence-corrected chi connectivity index (χ2v) is 10.9. The van der Waals surface area contributed by atoms with E-state index in [0.29, 0.717) is 0 Å². The molecule has 3 aliphatic rings. The first kappa shape index (κ1) is 20.3. The molecule has 0 heterocycles. The lowest BCUT2D eigenvalue weighted by Gasteiger charge is -2.45. The number of rotatable bonds is 4. The summed E-state index contributed by atoms with van der Waals surface area (Å²) >= 11 is 0. The first-order valence-corrected chi connectivity index (χ1v) is 13.4. The number of fused-ring (bicyclic) bond motifs is 3. The number of benzene rings is 4. The minimum atomic E-state index is -1.26. The predicted molar refractivity (Wildman–Crippen MR) is 146 cm³/mol. The molecule has 0 N–H and O–H groups in total. The van der Waals surface area contributed by atoms with Gasteiger partial charge in [-0.2, -0.15) is 21.9 Å². The van der Waals surface area contributed by atoms with Crippen LogP contribution in [0.2, 0.25) is 0 Å². The van der Waals surface area contributed by atoms with Crippen molar-refractivity contribution in [3.63, 3.8) is 0 Å². The van der Waals surface area contributed by atoms with Gasteiger partial charge in [0, 0.05) is 0 Å². The average Bonchev–Trinajstić information content (AvgIpc) is 3.64. The van der Waals surface area contributed by atoms with Crippen LogP contribution in [0.4, 0.5) is 0 Å². The third kappa shape index (κ3) is 3.06. The zero-order chi connectivity index (χ0) is 22.5. The van der Waals surface area contributed by atoms with Crippen LogP contribution in [-0.2, 0) is 38.5 Å². The van der Waals surface area contributed by atoms with Crippen LogP contribution >= 0.6 is 0 Å². The van der Waals surface area contributed by atoms with Crippen LogP contribution in [0.1, 0.15) is 52.6 Å². The molecule has 1 heteroatoms. The van der Waals surface area contributed by atoms with E-state index < -0.39 is 6.15 Å². The van der Waals surface area contributed by atoms with Crippen molar-refractivity contribution in [2.75, 3.05) is 0 Å². The van der Waals surface area contributed by atoms with E-state index in [1.54, 1.807) is 33.4 Å². The summed E-state index contributed by atoms with van der Waals surface area (Å²) in [7, 11) is 0. The molecule has 168 valence electrons. The van der Waals surface area contributed by atoms with Gasteiger partial charge in [0.25, 0.3) is 0 Å². The maximum Gasteiger partial charge on any atom is 0.108 e. The Morgan fingerprint density at radius 3 is 1.15 bits per heavy atom. The molecule has 0 saturated carbocycles. The zero-order valence-electron chi connectivity index (χ0n) is 20.0. The van der Waals surface area contributed by atoms with E-state index in [2.05, 4.69) is 84.9 Å². The Morgan fingerprint density at radius 2 is 0.735 bits per heavy atom. The highest BCUT2D eigenvalue weighted by Crippen LogP contribution is 2.26. The third-order valence-corrected chi connectivity index (χ3v) is 9.17. The fourth-order valence-electron chi connectivity index (χ4n) is 7.48. The lowest BCUT2D eigenvalue weighted by Crippen LogP contribution is -2.75. The van der Waals surface area contributed by atoms with E-state index in [0.717, 1.165) is 0 Å². The highest BCUT2D eigenvalue weighted by atomic mass is 14.2. The Kier molecular flexibility index (Phi) is 4.79. The van der Waals surface area contributed by atoms with Crippen LogP contribution in [0, 0.1) is 0 Å². The molecule has 0 radical (unpaired) electrons. The summed E-state index contributed by atoms with van der Waals surface area (Å²) in [4.78, 5) is 0. The molecular formula is C33H32B-. The Labute approximate surface area is 204 Å². The molecule has 4 aromatic rings. The number of hydrogen-bond donors (Lipinski definition) is 0. The van der Waals surface area contributed by atoms with Crippen molar-refractivity contribution < 1.29 is 0 Å². The average molecular weight is 439 g/mol. The summed E-state index contributed by atoms with van der Waals surface area (Å²) in [5.74, 6) is 0. The molecule has 34 heavy (non-hydrogen) atoms. The van der Waals surface area contributed by atoms with Crippen molar-refractivity contribution in [3.8, 4) is 0 Å². The standard InChI is InChI=1S/C33H32B/c1-2-13-30(14-3-1)34(31-18-15-24-7-4-10-27(24)21-31,32-19-16-25-8-5-11-28(25)22-32)33-20-17-26-9-6-12-29(26)23-33/h1-3,13-23H,4-12H2/q-1. The van der Waals surface area contributed by atoms with E-state index in [1.165, 1.54) is 79.6 Å². The molecule has 0 nitrogen and oxygen atoms in total. The molecule has 0 unspecified atom stereocenters. The van der Waals surface area contributed by atoms with Gasteiger partial charge in [-0.1, -0.05) is 84.9 Å². The van der Waals surface area contributed by atoms with Crippen LogP contribution in [0.5, 0.6) is 0 Å². The van der Waals surface area contributed by atoms with Crippen LogP contribution in [0.15, 0.2) is 84.9 Å². The highest BCUT2D eigenvalue weighted by molar-refractivity contribution is 7.19. The molecule has 0 saturated heterocycles. The van der Waals surface area contributed by atoms with Crippen molar-refractivity contribution in [1.29, 1.82) is 0 Å². The minimum absolute atomic E-state index is 1.22. The largest absolute Gasteiger partial charge is 0.195 e. The quantitative estimate of drug-likeness (QED) is 0.410. The lowest BCUT2D eigenvalue weighted by molar-refractivity contribution is 0.912. The first-order chi connectivity index (χ1) is 16.8. The summed E-state index contributed by atoms with van der Waals surface area (Å²) in [6.07, 6.45) is 9.99. The van der Waals surface area contributed by atoms with Crippen molar-refractivity contribution >= 4 is 28.0 Å². The van der Waals surface area contributed by atoms with Gasteiger partial charge in [-0.15, -0.1) is 0 Å². The second kappa shape index (κ2) is 8.02. The van der Waals surface area contributed by atoms with Gasteiger partial charge in [0.2, 0.25) is 0 Å². The summed E-state index contributed by atoms with van der Waals surface area (Å²) in [6, 6.07) is 33.9. The van der Waals surface area contributed by atoms with Crippen LogP contribution < -0.4 is 21.9 Å². The second-order valence-electron chi connectivity index (χ2n) is 10.9. The van der Waals surface area contributed by atoms with Crippen LogP contribution in [0.3, 0.4) is 0 Å². The molecule has 0 bridgehead atoms. The Bertz CT molecular complexity index is 1240. The van der Waals surface area contributed by atoms with Gasteiger partial charge in [0.1, 0.15) is 6.15 Å². The number of hydrogen-bond acceptors (Lipinski definition) is 0. The van der Waals surface area contributed by atoms with Crippen molar-refractivity contribution in [2.45, 2.75) is 57.8 Å². The Morgan fingerprint density at radius 1 is 0.353 bits per heavy atom. The van der Waals surface area contributed by atoms with E-state index in [4.69, 9.17) is 0 Å². The molecule has 0 atom stereocenters. The van der Waals surface area contributed by atoms with Gasteiger partial charge < -0.3 is 0 Å². The van der Waals surface area contributed by atoms with Gasteiger partial charge in [-0.25, -0.2) is 0 Å². The topological polar surface area (TPSA) is 0 Å². The van der Waals surface area contributed by atoms with Gasteiger partial charge in [-0.3, -0.25) is 0 Å². The molecule has 4 aromatic carbocycles. The SMILES string of the molecule is c1ccc([B-](c2ccc3c(c2)CCC3)(c2ccc3c(c2)CCC3)c2ccc3c(c2)CCC3)cc1. The molecular weight excluding hydrogens is 407 g/mol. The normalized spacial score (nSPS) is 16.4. The molecule has 0 amide bonds. The smallest absolute Gasteiger partial charge is 0.108 e. The fraction of sp³-hybridized carbons (Fsp3) is 0.273. The number of aryl methyl sites for hydroxylation is 6. The maximum atomic E-state index is 2.58. The fourth-order valence-corrected chi connectivity index (χ4v) is 7.48. The summed E-state index contributed by atoms with van der Waals surface area (Å²) in [6.45, 7) is 0. The summed E-state index contributed by atoms with van der Waals surface area (Å²) < 4.78 is 0. The van der Waals surface area contributed by atoms with Gasteiger partial charge >= 0.3 is 0 Å². The summed E-state index contributed by atoms with van der Waals surface area (Å²) in [5.41, 5.74) is 15.3. The molecule has 0 aliphatic heterocycles. The summed E-state index contributed by atoms with van der Waals surface area (Å²) in [5, 5.41) is 0. The molecule has 0 aromatic heterocycles. The third-order valence-electron chi connectivity index (χ3n) is 9.17. The van der Waals surface area contributed by atoms with E-state index in [9.17, 15) is 0 Å². The maximum absolute atomic E-state index is 2.58. The minimum Gasteiger partial charge on any atom is -0.195 e. The van der Waals surface area contributed by atoms with Crippen molar-refractivity contribution in [2.24, 2.45) is 0 Å². The molecule has 7 rings (SSSR count). The van der Waals surface area contributed by atoms with Gasteiger partial charge in [0.15, 0.2) is 0 Å². The monoisotopic (exact) mass is 439 g/mol.